The Bertz CT molecular complexity index is 1740. The SMILES string of the molecule is CC1CCC(N2C[C@H](c3nc(-c4ccc(C(=O)Nc5cc(C(F)(F)F)ccn5)cc4F)c4c(N)ncc(Cl)n34)OC[C@@H]2C)CC1. The van der Waals surface area contributed by atoms with Crippen molar-refractivity contribution in [2.24, 2.45) is 5.92 Å². The van der Waals surface area contributed by atoms with Gasteiger partial charge in [-0.3, -0.25) is 14.1 Å². The van der Waals surface area contributed by atoms with E-state index in [4.69, 9.17) is 27.1 Å². The molecule has 0 unspecified atom stereocenters. The van der Waals surface area contributed by atoms with Crippen LogP contribution in [0.15, 0.2) is 42.7 Å². The largest absolute Gasteiger partial charge is 0.416 e. The van der Waals surface area contributed by atoms with Crippen LogP contribution in [0.5, 0.6) is 0 Å². The molecule has 6 rings (SSSR count). The van der Waals surface area contributed by atoms with E-state index in [2.05, 4.69) is 34.0 Å². The first-order valence-corrected chi connectivity index (χ1v) is 15.1. The van der Waals surface area contributed by atoms with E-state index in [1.807, 2.05) is 0 Å². The molecule has 0 radical (unpaired) electrons. The van der Waals surface area contributed by atoms with E-state index in [1.165, 1.54) is 31.2 Å². The number of benzene rings is 1. The summed E-state index contributed by atoms with van der Waals surface area (Å²) in [6.45, 7) is 5.49. The fraction of sp³-hybridized carbons (Fsp3) is 0.419. The average Bonchev–Trinajstić information content (AvgIpc) is 3.41. The summed E-state index contributed by atoms with van der Waals surface area (Å²) in [5.41, 5.74) is 5.67. The number of pyridine rings is 1. The lowest BCUT2D eigenvalue weighted by atomic mass is 9.86. The second-order valence-corrected chi connectivity index (χ2v) is 12.2. The van der Waals surface area contributed by atoms with Gasteiger partial charge in [-0.1, -0.05) is 18.5 Å². The number of nitrogens with two attached hydrogens (primary N) is 1. The normalized spacial score (nSPS) is 22.9. The third kappa shape index (κ3) is 6.21. The summed E-state index contributed by atoms with van der Waals surface area (Å²) >= 11 is 6.62. The van der Waals surface area contributed by atoms with E-state index in [9.17, 15) is 18.0 Å². The Balaban J connectivity index is 1.32. The molecule has 4 heterocycles. The molecule has 2 aliphatic rings. The Hall–Kier alpha value is -3.81. The van der Waals surface area contributed by atoms with Crippen LogP contribution in [-0.4, -0.2) is 55.4 Å². The number of morpholine rings is 1. The van der Waals surface area contributed by atoms with E-state index in [-0.39, 0.29) is 39.7 Å². The number of rotatable bonds is 5. The minimum absolute atomic E-state index is 0.0329. The highest BCUT2D eigenvalue weighted by atomic mass is 35.5. The molecule has 14 heteroatoms. The van der Waals surface area contributed by atoms with Gasteiger partial charge in [0.15, 0.2) is 0 Å². The summed E-state index contributed by atoms with van der Waals surface area (Å²) in [6.07, 6.45) is 1.80. The number of nitrogens with one attached hydrogen (secondary N) is 1. The van der Waals surface area contributed by atoms with Gasteiger partial charge in [-0.05, 0) is 68.9 Å². The van der Waals surface area contributed by atoms with Crippen LogP contribution in [0, 0.1) is 11.7 Å². The number of hydrogen-bond acceptors (Lipinski definition) is 7. The topological polar surface area (TPSA) is 111 Å². The number of alkyl halides is 3. The minimum Gasteiger partial charge on any atom is -0.382 e. The molecule has 1 saturated carbocycles. The standard InChI is InChI=1S/C31H32ClF4N7O2/c1-16-3-6-20(7-4-16)42-14-23(45-15-17(42)2)29-41-26(27-28(37)39-13-24(32)43(27)29)21-8-5-18(11-22(21)33)30(44)40-25-12-19(9-10-38-25)31(34,35)36/h5,8-13,16-17,20,23H,3-4,6-7,14-15H2,1-2H3,(H2,37,39)(H,38,40,44)/t16?,17-,20?,23+/m0/s1. The fourth-order valence-electron chi connectivity index (χ4n) is 6.26. The molecule has 238 valence electrons. The molecule has 3 N–H and O–H groups in total. The number of nitrogens with zero attached hydrogens (tertiary/aromatic N) is 5. The Kier molecular flexibility index (Phi) is 8.44. The van der Waals surface area contributed by atoms with Crippen molar-refractivity contribution in [1.82, 2.24) is 24.3 Å². The van der Waals surface area contributed by atoms with Crippen LogP contribution in [0.1, 0.15) is 67.4 Å². The summed E-state index contributed by atoms with van der Waals surface area (Å²) in [6, 6.07) is 5.80. The number of nitrogen functional groups attached to an aromatic ring is 1. The van der Waals surface area contributed by atoms with Gasteiger partial charge >= 0.3 is 6.18 Å². The number of halogens is 5. The third-order valence-electron chi connectivity index (χ3n) is 8.71. The van der Waals surface area contributed by atoms with Crippen LogP contribution in [0.25, 0.3) is 16.8 Å². The molecule has 0 bridgehead atoms. The zero-order chi connectivity index (χ0) is 32.0. The van der Waals surface area contributed by atoms with Gasteiger partial charge in [-0.2, -0.15) is 13.2 Å². The molecule has 3 aromatic heterocycles. The summed E-state index contributed by atoms with van der Waals surface area (Å²) in [5.74, 6) is -0.720. The van der Waals surface area contributed by atoms with Crippen LogP contribution < -0.4 is 11.1 Å². The van der Waals surface area contributed by atoms with Crippen molar-refractivity contribution in [2.45, 2.75) is 63.9 Å². The molecular weight excluding hydrogens is 614 g/mol. The fourth-order valence-corrected chi connectivity index (χ4v) is 6.48. The monoisotopic (exact) mass is 645 g/mol. The van der Waals surface area contributed by atoms with Crippen LogP contribution in [0.4, 0.5) is 29.2 Å². The highest BCUT2D eigenvalue weighted by molar-refractivity contribution is 6.30. The Morgan fingerprint density at radius 1 is 1.11 bits per heavy atom. The van der Waals surface area contributed by atoms with Crippen molar-refractivity contribution in [1.29, 1.82) is 0 Å². The molecule has 1 aliphatic heterocycles. The van der Waals surface area contributed by atoms with E-state index in [0.717, 1.165) is 31.2 Å². The zero-order valence-corrected chi connectivity index (χ0v) is 25.4. The van der Waals surface area contributed by atoms with Gasteiger partial charge in [0.25, 0.3) is 5.91 Å². The van der Waals surface area contributed by atoms with Crippen LogP contribution >= 0.6 is 11.6 Å². The third-order valence-corrected chi connectivity index (χ3v) is 8.98. The van der Waals surface area contributed by atoms with Crippen molar-refractivity contribution in [3.05, 3.63) is 70.6 Å². The van der Waals surface area contributed by atoms with Gasteiger partial charge in [0, 0.05) is 36.0 Å². The lowest BCUT2D eigenvalue weighted by Crippen LogP contribution is -2.51. The van der Waals surface area contributed by atoms with Gasteiger partial charge in [0.1, 0.15) is 45.7 Å². The maximum atomic E-state index is 15.7. The van der Waals surface area contributed by atoms with Crippen molar-refractivity contribution in [2.75, 3.05) is 24.2 Å². The molecule has 2 fully saturated rings. The minimum atomic E-state index is -4.62. The highest BCUT2D eigenvalue weighted by Gasteiger charge is 2.37. The summed E-state index contributed by atoms with van der Waals surface area (Å²) in [5, 5.41) is 2.50. The van der Waals surface area contributed by atoms with Crippen molar-refractivity contribution < 1.29 is 27.1 Å². The number of amides is 1. The van der Waals surface area contributed by atoms with Crippen molar-refractivity contribution >= 4 is 34.7 Å². The second-order valence-electron chi connectivity index (χ2n) is 11.8. The van der Waals surface area contributed by atoms with E-state index >= 15 is 4.39 Å². The number of ether oxygens (including phenoxy) is 1. The summed E-state index contributed by atoms with van der Waals surface area (Å²) < 4.78 is 62.9. The maximum Gasteiger partial charge on any atom is 0.416 e. The number of imidazole rings is 1. The molecule has 2 atom stereocenters. The molecule has 1 saturated heterocycles. The van der Waals surface area contributed by atoms with Gasteiger partial charge in [-0.25, -0.2) is 19.3 Å². The number of carbonyl (C=O) groups is 1. The predicted octanol–water partition coefficient (Wildman–Crippen LogP) is 6.78. The van der Waals surface area contributed by atoms with E-state index < -0.39 is 29.6 Å². The van der Waals surface area contributed by atoms with E-state index in [0.29, 0.717) is 42.5 Å². The highest BCUT2D eigenvalue weighted by Crippen LogP contribution is 2.38. The molecule has 0 spiro atoms. The number of anilines is 2. The van der Waals surface area contributed by atoms with Crippen molar-refractivity contribution in [3.8, 4) is 11.3 Å². The van der Waals surface area contributed by atoms with Gasteiger partial charge in [0.05, 0.1) is 18.4 Å². The molecule has 4 aromatic rings. The molecule has 45 heavy (non-hydrogen) atoms. The van der Waals surface area contributed by atoms with Crippen LogP contribution in [-0.2, 0) is 10.9 Å². The van der Waals surface area contributed by atoms with E-state index in [1.54, 1.807) is 4.40 Å². The smallest absolute Gasteiger partial charge is 0.382 e. The predicted molar refractivity (Wildman–Crippen MR) is 161 cm³/mol. The number of fused-ring (bicyclic) bond motifs is 1. The van der Waals surface area contributed by atoms with Gasteiger partial charge < -0.3 is 15.8 Å². The summed E-state index contributed by atoms with van der Waals surface area (Å²) in [7, 11) is 0. The molecular formula is C31H32ClF4N7O2. The van der Waals surface area contributed by atoms with Crippen LogP contribution in [0.3, 0.4) is 0 Å². The molecule has 1 amide bonds. The lowest BCUT2D eigenvalue weighted by molar-refractivity contribution is -0.137. The molecule has 9 nitrogen and oxygen atoms in total. The van der Waals surface area contributed by atoms with Crippen LogP contribution in [0.2, 0.25) is 5.15 Å². The first-order valence-electron chi connectivity index (χ1n) is 14.7. The maximum absolute atomic E-state index is 15.7. The summed E-state index contributed by atoms with van der Waals surface area (Å²) in [4.78, 5) is 28.0. The number of hydrogen-bond donors (Lipinski definition) is 2. The quantitative estimate of drug-likeness (QED) is 0.230. The Morgan fingerprint density at radius 2 is 1.87 bits per heavy atom. The Morgan fingerprint density at radius 3 is 2.58 bits per heavy atom. The number of carbonyl (C=O) groups excluding carboxylic acids is 1. The Labute approximate surface area is 261 Å². The number of aromatic nitrogens is 4. The zero-order valence-electron chi connectivity index (χ0n) is 24.6. The van der Waals surface area contributed by atoms with Crippen molar-refractivity contribution in [3.63, 3.8) is 0 Å². The van der Waals surface area contributed by atoms with Gasteiger partial charge in [-0.15, -0.1) is 0 Å². The molecule has 1 aromatic carbocycles. The second kappa shape index (κ2) is 12.2. The lowest BCUT2D eigenvalue weighted by Gasteiger charge is -2.44. The average molecular weight is 646 g/mol. The molecule has 1 aliphatic carbocycles. The first-order chi connectivity index (χ1) is 21.4. The first kappa shape index (κ1) is 31.2. The van der Waals surface area contributed by atoms with Gasteiger partial charge in [0.2, 0.25) is 0 Å².